The van der Waals surface area contributed by atoms with Crippen molar-refractivity contribution < 1.29 is 9.90 Å². The van der Waals surface area contributed by atoms with Crippen molar-refractivity contribution in [3.63, 3.8) is 0 Å². The fraction of sp³-hybridized carbons (Fsp3) is 0.533. The van der Waals surface area contributed by atoms with Crippen molar-refractivity contribution in [3.05, 3.63) is 34.9 Å². The van der Waals surface area contributed by atoms with Gasteiger partial charge in [0.25, 0.3) is 5.91 Å². The summed E-state index contributed by atoms with van der Waals surface area (Å²) in [7, 11) is 0. The molecule has 1 aromatic rings. The molecule has 1 aliphatic rings. The Morgan fingerprint density at radius 2 is 1.75 bits per heavy atom. The van der Waals surface area contributed by atoms with Crippen molar-refractivity contribution in [1.82, 2.24) is 9.80 Å². The maximum Gasteiger partial charge on any atom is 0.253 e. The monoisotopic (exact) mass is 296 g/mol. The Kier molecular flexibility index (Phi) is 4.68. The molecule has 0 saturated carbocycles. The number of aliphatic hydroxyl groups is 1. The first-order valence-electron chi connectivity index (χ1n) is 6.85. The molecule has 1 aromatic carbocycles. The molecule has 1 heterocycles. The number of rotatable bonds is 3. The molecule has 2 rings (SSSR count). The zero-order valence-corrected chi connectivity index (χ0v) is 12.7. The molecule has 1 saturated heterocycles. The minimum atomic E-state index is -0.692. The second-order valence-corrected chi connectivity index (χ2v) is 6.32. The van der Waals surface area contributed by atoms with E-state index in [4.69, 9.17) is 11.6 Å². The lowest BCUT2D eigenvalue weighted by atomic mass is 10.1. The van der Waals surface area contributed by atoms with Crippen LogP contribution < -0.4 is 0 Å². The average molecular weight is 297 g/mol. The Bertz CT molecular complexity index is 460. The highest BCUT2D eigenvalue weighted by Crippen LogP contribution is 2.14. The van der Waals surface area contributed by atoms with Crippen molar-refractivity contribution in [2.75, 3.05) is 32.7 Å². The van der Waals surface area contributed by atoms with Crippen LogP contribution in [0.15, 0.2) is 24.3 Å². The lowest BCUT2D eigenvalue weighted by molar-refractivity contribution is 0.0178. The van der Waals surface area contributed by atoms with E-state index < -0.39 is 5.60 Å². The van der Waals surface area contributed by atoms with E-state index in [9.17, 15) is 9.90 Å². The molecule has 0 unspecified atom stereocenters. The highest BCUT2D eigenvalue weighted by atomic mass is 35.5. The number of halogens is 1. The lowest BCUT2D eigenvalue weighted by Gasteiger charge is -2.37. The number of benzene rings is 1. The number of β-amino-alcohol motifs (C(OH)–C–C–N with tert-alkyl or cyclic N) is 1. The van der Waals surface area contributed by atoms with Gasteiger partial charge in [0.1, 0.15) is 0 Å². The van der Waals surface area contributed by atoms with Gasteiger partial charge in [-0.3, -0.25) is 9.69 Å². The van der Waals surface area contributed by atoms with Gasteiger partial charge in [0.2, 0.25) is 0 Å². The van der Waals surface area contributed by atoms with Gasteiger partial charge in [-0.05, 0) is 38.1 Å². The highest BCUT2D eigenvalue weighted by molar-refractivity contribution is 6.30. The van der Waals surface area contributed by atoms with E-state index in [1.807, 2.05) is 4.90 Å². The predicted molar refractivity (Wildman–Crippen MR) is 80.1 cm³/mol. The summed E-state index contributed by atoms with van der Waals surface area (Å²) in [4.78, 5) is 16.4. The van der Waals surface area contributed by atoms with Crippen LogP contribution in [0.4, 0.5) is 0 Å². The van der Waals surface area contributed by atoms with Gasteiger partial charge in [-0.25, -0.2) is 0 Å². The van der Waals surface area contributed by atoms with E-state index in [-0.39, 0.29) is 5.91 Å². The first kappa shape index (κ1) is 15.3. The molecular weight excluding hydrogens is 276 g/mol. The van der Waals surface area contributed by atoms with Crippen LogP contribution in [0, 0.1) is 0 Å². The molecule has 0 radical (unpaired) electrons. The van der Waals surface area contributed by atoms with E-state index in [1.54, 1.807) is 38.1 Å². The van der Waals surface area contributed by atoms with Crippen molar-refractivity contribution in [3.8, 4) is 0 Å². The Hall–Kier alpha value is -1.10. The normalized spacial score (nSPS) is 17.3. The van der Waals surface area contributed by atoms with Gasteiger partial charge < -0.3 is 10.0 Å². The molecule has 110 valence electrons. The largest absolute Gasteiger partial charge is 0.389 e. The summed E-state index contributed by atoms with van der Waals surface area (Å²) in [6.45, 7) is 7.22. The van der Waals surface area contributed by atoms with Crippen LogP contribution in [0.3, 0.4) is 0 Å². The number of amides is 1. The summed E-state index contributed by atoms with van der Waals surface area (Å²) in [6, 6.07) is 6.99. The van der Waals surface area contributed by atoms with E-state index in [0.29, 0.717) is 30.2 Å². The molecule has 4 nitrogen and oxygen atoms in total. The van der Waals surface area contributed by atoms with Crippen LogP contribution in [0.5, 0.6) is 0 Å². The zero-order valence-electron chi connectivity index (χ0n) is 12.0. The van der Waals surface area contributed by atoms with Crippen molar-refractivity contribution in [2.45, 2.75) is 19.4 Å². The summed E-state index contributed by atoms with van der Waals surface area (Å²) in [5, 5.41) is 10.4. The summed E-state index contributed by atoms with van der Waals surface area (Å²) in [5.41, 5.74) is -0.0205. The molecule has 1 amide bonds. The number of nitrogens with zero attached hydrogens (tertiary/aromatic N) is 2. The zero-order chi connectivity index (χ0) is 14.8. The topological polar surface area (TPSA) is 43.8 Å². The molecular formula is C15H21ClN2O2. The second kappa shape index (κ2) is 6.12. The lowest BCUT2D eigenvalue weighted by Crippen LogP contribution is -2.51. The minimum Gasteiger partial charge on any atom is -0.389 e. The first-order chi connectivity index (χ1) is 9.35. The van der Waals surface area contributed by atoms with Crippen molar-refractivity contribution in [1.29, 1.82) is 0 Å². The summed E-state index contributed by atoms with van der Waals surface area (Å²) < 4.78 is 0. The van der Waals surface area contributed by atoms with E-state index >= 15 is 0 Å². The Balaban J connectivity index is 1.90. The number of piperazine rings is 1. The summed E-state index contributed by atoms with van der Waals surface area (Å²) in [6.07, 6.45) is 0. The smallest absolute Gasteiger partial charge is 0.253 e. The van der Waals surface area contributed by atoms with Gasteiger partial charge in [-0.15, -0.1) is 0 Å². The van der Waals surface area contributed by atoms with Gasteiger partial charge in [0.05, 0.1) is 5.60 Å². The number of hydrogen-bond acceptors (Lipinski definition) is 3. The number of hydrogen-bond donors (Lipinski definition) is 1. The van der Waals surface area contributed by atoms with Crippen LogP contribution in [0.2, 0.25) is 5.02 Å². The Morgan fingerprint density at radius 1 is 1.20 bits per heavy atom. The van der Waals surface area contributed by atoms with Crippen molar-refractivity contribution in [2.24, 2.45) is 0 Å². The van der Waals surface area contributed by atoms with E-state index in [0.717, 1.165) is 13.1 Å². The van der Waals surface area contributed by atoms with Crippen molar-refractivity contribution >= 4 is 17.5 Å². The van der Waals surface area contributed by atoms with Gasteiger partial charge in [0.15, 0.2) is 0 Å². The fourth-order valence-electron chi connectivity index (χ4n) is 2.43. The standard InChI is InChI=1S/C15H21ClN2O2/c1-15(2,20)11-17-7-9-18(10-8-17)14(19)12-3-5-13(16)6-4-12/h3-6,20H,7-11H2,1-2H3. The number of carbonyl (C=O) groups is 1. The van der Waals surface area contributed by atoms with Crippen LogP contribution in [0.1, 0.15) is 24.2 Å². The van der Waals surface area contributed by atoms with E-state index in [2.05, 4.69) is 4.90 Å². The molecule has 0 atom stereocenters. The minimum absolute atomic E-state index is 0.0459. The Labute approximate surface area is 124 Å². The third-order valence-electron chi connectivity index (χ3n) is 3.36. The first-order valence-corrected chi connectivity index (χ1v) is 7.22. The number of carbonyl (C=O) groups excluding carboxylic acids is 1. The van der Waals surface area contributed by atoms with Gasteiger partial charge in [0, 0.05) is 43.3 Å². The fourth-order valence-corrected chi connectivity index (χ4v) is 2.56. The highest BCUT2D eigenvalue weighted by Gasteiger charge is 2.25. The predicted octanol–water partition coefficient (Wildman–Crippen LogP) is 1.87. The molecule has 0 aliphatic carbocycles. The molecule has 0 spiro atoms. The molecule has 5 heteroatoms. The maximum absolute atomic E-state index is 12.3. The molecule has 1 fully saturated rings. The molecule has 1 aliphatic heterocycles. The SMILES string of the molecule is CC(C)(O)CN1CCN(C(=O)c2ccc(Cl)cc2)CC1. The summed E-state index contributed by atoms with van der Waals surface area (Å²) >= 11 is 5.83. The molecule has 20 heavy (non-hydrogen) atoms. The van der Waals surface area contributed by atoms with Gasteiger partial charge in [-0.2, -0.15) is 0 Å². The van der Waals surface area contributed by atoms with Crippen LogP contribution in [-0.2, 0) is 0 Å². The molecule has 1 N–H and O–H groups in total. The summed E-state index contributed by atoms with van der Waals surface area (Å²) in [5.74, 6) is 0.0459. The van der Waals surface area contributed by atoms with Gasteiger partial charge >= 0.3 is 0 Å². The van der Waals surface area contributed by atoms with Crippen LogP contribution in [-0.4, -0.2) is 59.1 Å². The maximum atomic E-state index is 12.3. The van der Waals surface area contributed by atoms with Gasteiger partial charge in [-0.1, -0.05) is 11.6 Å². The van der Waals surface area contributed by atoms with Crippen LogP contribution >= 0.6 is 11.6 Å². The third kappa shape index (κ3) is 4.20. The second-order valence-electron chi connectivity index (χ2n) is 5.89. The van der Waals surface area contributed by atoms with Crippen LogP contribution in [0.25, 0.3) is 0 Å². The third-order valence-corrected chi connectivity index (χ3v) is 3.61. The molecule has 0 aromatic heterocycles. The van der Waals surface area contributed by atoms with E-state index in [1.165, 1.54) is 0 Å². The molecule has 0 bridgehead atoms. The Morgan fingerprint density at radius 3 is 2.25 bits per heavy atom. The average Bonchev–Trinajstić information content (AvgIpc) is 2.38. The quantitative estimate of drug-likeness (QED) is 0.926.